The van der Waals surface area contributed by atoms with Crippen LogP contribution in [0.3, 0.4) is 0 Å². The van der Waals surface area contributed by atoms with E-state index in [-0.39, 0.29) is 29.1 Å². The summed E-state index contributed by atoms with van der Waals surface area (Å²) in [6.07, 6.45) is -5.07. The van der Waals surface area contributed by atoms with Crippen LogP contribution >= 0.6 is 0 Å². The van der Waals surface area contributed by atoms with Crippen LogP contribution in [0.1, 0.15) is 37.7 Å². The van der Waals surface area contributed by atoms with Crippen molar-refractivity contribution in [2.45, 2.75) is 50.7 Å². The van der Waals surface area contributed by atoms with E-state index in [1.807, 2.05) is 0 Å². The van der Waals surface area contributed by atoms with Gasteiger partial charge in [-0.15, -0.1) is 13.2 Å². The van der Waals surface area contributed by atoms with Crippen molar-refractivity contribution in [2.75, 3.05) is 10.6 Å². The van der Waals surface area contributed by atoms with E-state index >= 15 is 0 Å². The molecule has 0 spiro atoms. The van der Waals surface area contributed by atoms with E-state index in [0.29, 0.717) is 0 Å². The monoisotopic (exact) mass is 514 g/mol. The van der Waals surface area contributed by atoms with E-state index in [9.17, 15) is 30.7 Å². The molecule has 3 aromatic rings. The van der Waals surface area contributed by atoms with Crippen molar-refractivity contribution < 1.29 is 35.5 Å². The zero-order chi connectivity index (χ0) is 25.9. The van der Waals surface area contributed by atoms with Gasteiger partial charge in [-0.25, -0.2) is 9.37 Å². The molecule has 1 fully saturated rings. The largest absolute Gasteiger partial charge is 0.573 e. The molecule has 4 rings (SSSR count). The van der Waals surface area contributed by atoms with E-state index < -0.39 is 35.4 Å². The molecule has 2 aromatic carbocycles. The molecule has 0 unspecified atom stereocenters. The summed E-state index contributed by atoms with van der Waals surface area (Å²) in [4.78, 5) is 8.57. The van der Waals surface area contributed by atoms with Crippen molar-refractivity contribution in [2.24, 2.45) is 0 Å². The van der Waals surface area contributed by atoms with Gasteiger partial charge in [0, 0.05) is 17.7 Å². The second-order valence-electron chi connectivity index (χ2n) is 8.30. The van der Waals surface area contributed by atoms with Crippen LogP contribution in [-0.2, 0) is 6.18 Å². The predicted octanol–water partition coefficient (Wildman–Crippen LogP) is 7.69. The Hall–Kier alpha value is -3.57. The van der Waals surface area contributed by atoms with Crippen LogP contribution < -0.4 is 15.4 Å². The number of anilines is 3. The maximum Gasteiger partial charge on any atom is 0.573 e. The lowest BCUT2D eigenvalue weighted by atomic mass is 9.96. The number of ether oxygens (including phenoxy) is 1. The van der Waals surface area contributed by atoms with Crippen LogP contribution in [0.4, 0.5) is 48.2 Å². The molecular formula is C24H21F7N4O. The zero-order valence-corrected chi connectivity index (χ0v) is 18.7. The number of halogens is 7. The van der Waals surface area contributed by atoms with E-state index in [0.717, 1.165) is 62.4 Å². The Balaban J connectivity index is 1.74. The van der Waals surface area contributed by atoms with Gasteiger partial charge in [0.25, 0.3) is 0 Å². The molecule has 0 amide bonds. The summed E-state index contributed by atoms with van der Waals surface area (Å²) in [6, 6.07) is 8.76. The van der Waals surface area contributed by atoms with Gasteiger partial charge in [-0.3, -0.25) is 0 Å². The molecule has 1 aliphatic rings. The Labute approximate surface area is 201 Å². The summed E-state index contributed by atoms with van der Waals surface area (Å²) in [7, 11) is 0. The molecule has 36 heavy (non-hydrogen) atoms. The highest BCUT2D eigenvalue weighted by Crippen LogP contribution is 2.38. The normalized spacial score (nSPS) is 15.0. The molecule has 192 valence electrons. The molecule has 1 saturated carbocycles. The average molecular weight is 514 g/mol. The van der Waals surface area contributed by atoms with Crippen LogP contribution in [-0.4, -0.2) is 22.4 Å². The van der Waals surface area contributed by atoms with E-state index in [2.05, 4.69) is 25.3 Å². The predicted molar refractivity (Wildman–Crippen MR) is 119 cm³/mol. The quantitative estimate of drug-likeness (QED) is 0.330. The smallest absolute Gasteiger partial charge is 0.406 e. The van der Waals surface area contributed by atoms with Crippen LogP contribution in [0.2, 0.25) is 0 Å². The number of para-hydroxylation sites is 1. The minimum atomic E-state index is -4.91. The first-order chi connectivity index (χ1) is 17.0. The number of rotatable bonds is 6. The maximum absolute atomic E-state index is 14.4. The zero-order valence-electron chi connectivity index (χ0n) is 18.7. The molecule has 0 aliphatic heterocycles. The minimum Gasteiger partial charge on any atom is -0.406 e. The van der Waals surface area contributed by atoms with Crippen LogP contribution in [0.25, 0.3) is 11.3 Å². The molecule has 1 heterocycles. The van der Waals surface area contributed by atoms with Gasteiger partial charge in [0.05, 0.1) is 16.9 Å². The average Bonchev–Trinajstić information content (AvgIpc) is 2.79. The number of aromatic nitrogens is 2. The third-order valence-electron chi connectivity index (χ3n) is 5.60. The van der Waals surface area contributed by atoms with Crippen molar-refractivity contribution in [3.63, 3.8) is 0 Å². The molecule has 5 nitrogen and oxygen atoms in total. The van der Waals surface area contributed by atoms with Crippen molar-refractivity contribution >= 4 is 17.5 Å². The van der Waals surface area contributed by atoms with Gasteiger partial charge in [-0.1, -0.05) is 37.5 Å². The number of nitrogens with zero attached hydrogens (tertiary/aromatic N) is 2. The lowest BCUT2D eigenvalue weighted by Crippen LogP contribution is -2.23. The highest BCUT2D eigenvalue weighted by atomic mass is 19.4. The molecular weight excluding hydrogens is 493 g/mol. The maximum atomic E-state index is 14.4. The fourth-order valence-electron chi connectivity index (χ4n) is 4.02. The fourth-order valence-corrected chi connectivity index (χ4v) is 4.02. The molecule has 12 heteroatoms. The van der Waals surface area contributed by atoms with Crippen molar-refractivity contribution in [3.8, 4) is 17.0 Å². The lowest BCUT2D eigenvalue weighted by molar-refractivity contribution is -0.274. The van der Waals surface area contributed by atoms with Gasteiger partial charge < -0.3 is 15.4 Å². The van der Waals surface area contributed by atoms with E-state index in [1.165, 1.54) is 18.2 Å². The standard InChI is InChI=1S/C24H21F7N4O/c25-18-11-5-10-17(23(26,27)28)21(18)34-20-13-19(14-6-4-9-16(12-14)36-24(29,30)31)33-22(35-20)32-15-7-2-1-3-8-15/h4-6,9-13,15H,1-3,7-8H2,(H2,32,33,34,35). The molecule has 0 radical (unpaired) electrons. The first-order valence-electron chi connectivity index (χ1n) is 11.1. The topological polar surface area (TPSA) is 59.1 Å². The summed E-state index contributed by atoms with van der Waals surface area (Å²) in [5.74, 6) is -1.76. The SMILES string of the molecule is Fc1cccc(C(F)(F)F)c1Nc1cc(-c2cccc(OC(F)(F)F)c2)nc(NC2CCCCC2)n1. The molecule has 1 aromatic heterocycles. The third kappa shape index (κ3) is 6.55. The summed E-state index contributed by atoms with van der Waals surface area (Å²) in [5, 5.41) is 5.53. The first-order valence-corrected chi connectivity index (χ1v) is 11.1. The summed E-state index contributed by atoms with van der Waals surface area (Å²) in [6.45, 7) is 0. The fraction of sp³-hybridized carbons (Fsp3) is 0.333. The van der Waals surface area contributed by atoms with Gasteiger partial charge >= 0.3 is 12.5 Å². The molecule has 1 aliphatic carbocycles. The van der Waals surface area contributed by atoms with Gasteiger partial charge in [-0.2, -0.15) is 18.2 Å². The Morgan fingerprint density at radius 3 is 2.28 bits per heavy atom. The lowest BCUT2D eigenvalue weighted by Gasteiger charge is -2.23. The number of nitrogens with one attached hydrogen (secondary N) is 2. The first kappa shape index (κ1) is 25.5. The van der Waals surface area contributed by atoms with Gasteiger partial charge in [0.1, 0.15) is 17.4 Å². The number of hydrogen-bond donors (Lipinski definition) is 2. The Kier molecular flexibility index (Phi) is 7.23. The van der Waals surface area contributed by atoms with Gasteiger partial charge in [-0.05, 0) is 37.1 Å². The Morgan fingerprint density at radius 1 is 0.861 bits per heavy atom. The van der Waals surface area contributed by atoms with Crippen LogP contribution in [0.5, 0.6) is 5.75 Å². The van der Waals surface area contributed by atoms with E-state index in [1.54, 1.807) is 0 Å². The Bertz CT molecular complexity index is 1210. The van der Waals surface area contributed by atoms with Crippen molar-refractivity contribution in [1.29, 1.82) is 0 Å². The number of benzene rings is 2. The third-order valence-corrected chi connectivity index (χ3v) is 5.60. The molecule has 2 N–H and O–H groups in total. The van der Waals surface area contributed by atoms with Crippen molar-refractivity contribution in [3.05, 3.63) is 59.9 Å². The van der Waals surface area contributed by atoms with E-state index in [4.69, 9.17) is 0 Å². The summed E-state index contributed by atoms with van der Waals surface area (Å²) >= 11 is 0. The minimum absolute atomic E-state index is 0.0148. The van der Waals surface area contributed by atoms with Crippen LogP contribution in [0.15, 0.2) is 48.5 Å². The van der Waals surface area contributed by atoms with Crippen LogP contribution in [0, 0.1) is 5.82 Å². The Morgan fingerprint density at radius 2 is 1.58 bits per heavy atom. The van der Waals surface area contributed by atoms with Gasteiger partial charge in [0.15, 0.2) is 0 Å². The number of hydrogen-bond acceptors (Lipinski definition) is 5. The summed E-state index contributed by atoms with van der Waals surface area (Å²) < 4.78 is 96.9. The number of alkyl halides is 6. The highest BCUT2D eigenvalue weighted by molar-refractivity contribution is 5.70. The second kappa shape index (κ2) is 10.2. The van der Waals surface area contributed by atoms with Gasteiger partial charge in [0.2, 0.25) is 5.95 Å². The highest BCUT2D eigenvalue weighted by Gasteiger charge is 2.35. The summed E-state index contributed by atoms with van der Waals surface area (Å²) in [5.41, 5.74) is -1.76. The van der Waals surface area contributed by atoms with Crippen molar-refractivity contribution in [1.82, 2.24) is 9.97 Å². The molecule has 0 bridgehead atoms. The molecule has 0 saturated heterocycles. The second-order valence-corrected chi connectivity index (χ2v) is 8.30. The molecule has 0 atom stereocenters.